The minimum absolute atomic E-state index is 0.0126. The zero-order chi connectivity index (χ0) is 13.8. The Bertz CT molecular complexity index is 596. The third-order valence-corrected chi connectivity index (χ3v) is 2.55. The Morgan fingerprint density at radius 3 is 2.47 bits per heavy atom. The number of ether oxygens (including phenoxy) is 1. The molecule has 0 aromatic heterocycles. The molecule has 2 N–H and O–H groups in total. The fourth-order valence-electron chi connectivity index (χ4n) is 1.54. The Balaban J connectivity index is 2.15. The molecule has 19 heavy (non-hydrogen) atoms. The Morgan fingerprint density at radius 1 is 1.21 bits per heavy atom. The van der Waals surface area contributed by atoms with E-state index in [2.05, 4.69) is 5.32 Å². The van der Waals surface area contributed by atoms with Crippen LogP contribution in [0.15, 0.2) is 42.5 Å². The van der Waals surface area contributed by atoms with Gasteiger partial charge in [-0.05, 0) is 36.4 Å². The number of benzene rings is 2. The van der Waals surface area contributed by atoms with Crippen LogP contribution in [0.1, 0.15) is 10.4 Å². The molecule has 0 saturated carbocycles. The Morgan fingerprint density at radius 2 is 1.89 bits per heavy atom. The molecule has 0 spiro atoms. The molecule has 1 amide bonds. The summed E-state index contributed by atoms with van der Waals surface area (Å²) in [6.45, 7) is 0. The highest BCUT2D eigenvalue weighted by Crippen LogP contribution is 2.20. The molecule has 5 heteroatoms. The van der Waals surface area contributed by atoms with Crippen LogP contribution in [-0.4, -0.2) is 18.1 Å². The van der Waals surface area contributed by atoms with E-state index in [1.807, 2.05) is 0 Å². The van der Waals surface area contributed by atoms with Crippen LogP contribution < -0.4 is 10.1 Å². The number of phenolic OH excluding ortho intramolecular Hbond substituents is 1. The molecule has 2 rings (SSSR count). The monoisotopic (exact) mass is 261 g/mol. The zero-order valence-corrected chi connectivity index (χ0v) is 10.2. The lowest BCUT2D eigenvalue weighted by atomic mass is 10.2. The molecule has 0 atom stereocenters. The second-order valence-electron chi connectivity index (χ2n) is 3.85. The summed E-state index contributed by atoms with van der Waals surface area (Å²) < 4.78 is 18.4. The summed E-state index contributed by atoms with van der Waals surface area (Å²) >= 11 is 0. The van der Waals surface area contributed by atoms with Crippen LogP contribution in [0, 0.1) is 5.82 Å². The van der Waals surface area contributed by atoms with Crippen molar-refractivity contribution in [2.45, 2.75) is 0 Å². The van der Waals surface area contributed by atoms with Gasteiger partial charge in [0.2, 0.25) is 0 Å². The quantitative estimate of drug-likeness (QED) is 0.835. The first-order chi connectivity index (χ1) is 9.10. The van der Waals surface area contributed by atoms with Gasteiger partial charge in [0.15, 0.2) is 0 Å². The second-order valence-corrected chi connectivity index (χ2v) is 3.85. The maximum absolute atomic E-state index is 13.5. The number of hydrogen-bond donors (Lipinski definition) is 2. The van der Waals surface area contributed by atoms with E-state index in [-0.39, 0.29) is 11.4 Å². The average molecular weight is 261 g/mol. The van der Waals surface area contributed by atoms with Crippen LogP contribution in [0.4, 0.5) is 10.1 Å². The first-order valence-corrected chi connectivity index (χ1v) is 5.54. The molecule has 0 saturated heterocycles. The van der Waals surface area contributed by atoms with E-state index in [9.17, 15) is 9.18 Å². The topological polar surface area (TPSA) is 58.6 Å². The van der Waals surface area contributed by atoms with Crippen LogP contribution >= 0.6 is 0 Å². The van der Waals surface area contributed by atoms with E-state index < -0.39 is 11.7 Å². The Labute approximate surface area is 109 Å². The predicted molar refractivity (Wildman–Crippen MR) is 69.0 cm³/mol. The van der Waals surface area contributed by atoms with Crippen molar-refractivity contribution in [3.8, 4) is 11.5 Å². The van der Waals surface area contributed by atoms with Gasteiger partial charge in [0.25, 0.3) is 5.91 Å². The Hall–Kier alpha value is -2.56. The molecule has 0 aliphatic rings. The molecule has 0 unspecified atom stereocenters. The molecular weight excluding hydrogens is 249 g/mol. The van der Waals surface area contributed by atoms with Gasteiger partial charge < -0.3 is 15.2 Å². The van der Waals surface area contributed by atoms with Gasteiger partial charge in [0.1, 0.15) is 17.3 Å². The van der Waals surface area contributed by atoms with Crippen LogP contribution in [0.25, 0.3) is 0 Å². The fourth-order valence-corrected chi connectivity index (χ4v) is 1.54. The average Bonchev–Trinajstić information content (AvgIpc) is 2.42. The van der Waals surface area contributed by atoms with Gasteiger partial charge in [-0.15, -0.1) is 0 Å². The van der Waals surface area contributed by atoms with Gasteiger partial charge in [-0.1, -0.05) is 0 Å². The first-order valence-electron chi connectivity index (χ1n) is 5.54. The van der Waals surface area contributed by atoms with E-state index in [0.717, 1.165) is 6.07 Å². The number of aromatic hydroxyl groups is 1. The molecule has 4 nitrogen and oxygen atoms in total. The predicted octanol–water partition coefficient (Wildman–Crippen LogP) is 2.79. The van der Waals surface area contributed by atoms with Crippen molar-refractivity contribution >= 4 is 11.6 Å². The van der Waals surface area contributed by atoms with E-state index in [1.54, 1.807) is 24.3 Å². The van der Waals surface area contributed by atoms with Crippen LogP contribution in [-0.2, 0) is 0 Å². The highest BCUT2D eigenvalue weighted by molar-refractivity contribution is 6.04. The summed E-state index contributed by atoms with van der Waals surface area (Å²) in [6, 6.07) is 9.96. The normalized spacial score (nSPS) is 10.0. The number of methoxy groups -OCH3 is 1. The molecule has 0 heterocycles. The fraction of sp³-hybridized carbons (Fsp3) is 0.0714. The summed E-state index contributed by atoms with van der Waals surface area (Å²) in [5.74, 6) is -0.693. The molecule has 2 aromatic rings. The highest BCUT2D eigenvalue weighted by atomic mass is 19.1. The third kappa shape index (κ3) is 3.01. The summed E-state index contributed by atoms with van der Waals surface area (Å²) in [7, 11) is 1.53. The molecule has 0 bridgehead atoms. The maximum Gasteiger partial charge on any atom is 0.255 e. The summed E-state index contributed by atoms with van der Waals surface area (Å²) in [4.78, 5) is 11.9. The van der Waals surface area contributed by atoms with Crippen LogP contribution in [0.2, 0.25) is 0 Å². The van der Waals surface area contributed by atoms with Crippen LogP contribution in [0.3, 0.4) is 0 Å². The summed E-state index contributed by atoms with van der Waals surface area (Å²) in [5.41, 5.74) is 0.395. The molecule has 0 fully saturated rings. The van der Waals surface area contributed by atoms with Crippen molar-refractivity contribution in [2.75, 3.05) is 12.4 Å². The number of anilines is 1. The van der Waals surface area contributed by atoms with Gasteiger partial charge in [-0.3, -0.25) is 4.79 Å². The number of carbonyl (C=O) groups excluding carboxylic acids is 1. The van der Waals surface area contributed by atoms with E-state index in [0.29, 0.717) is 11.3 Å². The lowest BCUT2D eigenvalue weighted by Gasteiger charge is -2.07. The molecule has 98 valence electrons. The van der Waals surface area contributed by atoms with Crippen molar-refractivity contribution in [3.05, 3.63) is 53.8 Å². The van der Waals surface area contributed by atoms with Gasteiger partial charge in [0.05, 0.1) is 12.8 Å². The molecule has 0 aliphatic carbocycles. The highest BCUT2D eigenvalue weighted by Gasteiger charge is 2.09. The number of phenols is 1. The van der Waals surface area contributed by atoms with Crippen molar-refractivity contribution < 1.29 is 19.0 Å². The van der Waals surface area contributed by atoms with Gasteiger partial charge in [-0.25, -0.2) is 4.39 Å². The van der Waals surface area contributed by atoms with Crippen LogP contribution in [0.5, 0.6) is 11.5 Å². The number of halogens is 1. The largest absolute Gasteiger partial charge is 0.508 e. The lowest BCUT2D eigenvalue weighted by Crippen LogP contribution is -2.12. The summed E-state index contributed by atoms with van der Waals surface area (Å²) in [5, 5.41) is 11.5. The summed E-state index contributed by atoms with van der Waals surface area (Å²) in [6.07, 6.45) is 0. The molecule has 0 radical (unpaired) electrons. The number of amides is 1. The van der Waals surface area contributed by atoms with Gasteiger partial charge >= 0.3 is 0 Å². The minimum atomic E-state index is -0.693. The molecular formula is C14H12FNO3. The molecule has 0 aliphatic heterocycles. The SMILES string of the molecule is COc1ccc(C(=O)Nc2ccc(O)cc2F)cc1. The number of hydrogen-bond acceptors (Lipinski definition) is 3. The van der Waals surface area contributed by atoms with E-state index >= 15 is 0 Å². The number of nitrogens with one attached hydrogen (secondary N) is 1. The smallest absolute Gasteiger partial charge is 0.255 e. The van der Waals surface area contributed by atoms with Crippen molar-refractivity contribution in [3.63, 3.8) is 0 Å². The molecule has 2 aromatic carbocycles. The Kier molecular flexibility index (Phi) is 3.66. The first kappa shape index (κ1) is 12.9. The van der Waals surface area contributed by atoms with Gasteiger partial charge in [-0.2, -0.15) is 0 Å². The number of rotatable bonds is 3. The van der Waals surface area contributed by atoms with E-state index in [4.69, 9.17) is 9.84 Å². The van der Waals surface area contributed by atoms with Crippen molar-refractivity contribution in [1.29, 1.82) is 0 Å². The lowest BCUT2D eigenvalue weighted by molar-refractivity contribution is 0.102. The third-order valence-electron chi connectivity index (χ3n) is 2.55. The van der Waals surface area contributed by atoms with E-state index in [1.165, 1.54) is 19.2 Å². The van der Waals surface area contributed by atoms with Crippen molar-refractivity contribution in [1.82, 2.24) is 0 Å². The maximum atomic E-state index is 13.5. The second kappa shape index (κ2) is 5.39. The standard InChI is InChI=1S/C14H12FNO3/c1-19-11-5-2-9(3-6-11)14(18)16-13-7-4-10(17)8-12(13)15/h2-8,17H,1H3,(H,16,18). The van der Waals surface area contributed by atoms with Crippen molar-refractivity contribution in [2.24, 2.45) is 0 Å². The number of carbonyl (C=O) groups is 1. The van der Waals surface area contributed by atoms with Gasteiger partial charge in [0, 0.05) is 11.6 Å². The zero-order valence-electron chi connectivity index (χ0n) is 10.2. The minimum Gasteiger partial charge on any atom is -0.508 e.